The molecule has 1 N–H and O–H groups in total. The van der Waals surface area contributed by atoms with Crippen LogP contribution >= 0.6 is 0 Å². The molecule has 3 heterocycles. The van der Waals surface area contributed by atoms with Crippen LogP contribution in [0.25, 0.3) is 0 Å². The van der Waals surface area contributed by atoms with Gasteiger partial charge in [0.2, 0.25) is 0 Å². The molecule has 2 atom stereocenters. The van der Waals surface area contributed by atoms with Crippen molar-refractivity contribution in [3.8, 4) is 11.5 Å². The van der Waals surface area contributed by atoms with Crippen molar-refractivity contribution in [1.29, 1.82) is 0 Å². The van der Waals surface area contributed by atoms with Crippen LogP contribution in [0.1, 0.15) is 17.3 Å². The highest BCUT2D eigenvalue weighted by atomic mass is 16.5. The first-order chi connectivity index (χ1) is 12.1. The van der Waals surface area contributed by atoms with E-state index >= 15 is 0 Å². The first-order valence-corrected chi connectivity index (χ1v) is 8.15. The van der Waals surface area contributed by atoms with Gasteiger partial charge in [-0.15, -0.1) is 0 Å². The molecular formula is C18H19N3O4. The fourth-order valence-electron chi connectivity index (χ4n) is 3.88. The molecule has 7 nitrogen and oxygen atoms in total. The van der Waals surface area contributed by atoms with Crippen LogP contribution in [0.5, 0.6) is 11.5 Å². The summed E-state index contributed by atoms with van der Waals surface area (Å²) in [6.07, 6.45) is 3.39. The van der Waals surface area contributed by atoms with E-state index in [2.05, 4.69) is 14.9 Å². The molecule has 130 valence electrons. The third-order valence-electron chi connectivity index (χ3n) is 5.10. The number of rotatable bonds is 4. The third-order valence-corrected chi connectivity index (χ3v) is 5.10. The van der Waals surface area contributed by atoms with Crippen molar-refractivity contribution in [2.75, 3.05) is 26.8 Å². The summed E-state index contributed by atoms with van der Waals surface area (Å²) < 4.78 is 11.2. The van der Waals surface area contributed by atoms with Crippen molar-refractivity contribution < 1.29 is 19.4 Å². The lowest BCUT2D eigenvalue weighted by Crippen LogP contribution is -2.45. The molecule has 4 rings (SSSR count). The van der Waals surface area contributed by atoms with Gasteiger partial charge in [0.05, 0.1) is 13.7 Å². The Kier molecular flexibility index (Phi) is 3.80. The van der Waals surface area contributed by atoms with Gasteiger partial charge in [0, 0.05) is 37.0 Å². The molecule has 0 bridgehead atoms. The summed E-state index contributed by atoms with van der Waals surface area (Å²) in [5.74, 6) is 0.995. The summed E-state index contributed by atoms with van der Waals surface area (Å²) in [6.45, 7) is 1.67. The molecule has 25 heavy (non-hydrogen) atoms. The Morgan fingerprint density at radius 3 is 2.92 bits per heavy atom. The van der Waals surface area contributed by atoms with E-state index in [-0.39, 0.29) is 12.5 Å². The molecular weight excluding hydrogens is 322 g/mol. The SMILES string of the molecule is COc1cccc2c1OC[C@@]1(C(=O)O)CN(Cc3ncccn3)C[C@@H]21. The highest BCUT2D eigenvalue weighted by Gasteiger charge is 2.56. The molecule has 1 aromatic heterocycles. The van der Waals surface area contributed by atoms with E-state index in [1.165, 1.54) is 0 Å². The van der Waals surface area contributed by atoms with Crippen LogP contribution < -0.4 is 9.47 Å². The maximum absolute atomic E-state index is 12.2. The Morgan fingerprint density at radius 2 is 2.20 bits per heavy atom. The van der Waals surface area contributed by atoms with Gasteiger partial charge in [-0.1, -0.05) is 12.1 Å². The molecule has 1 saturated heterocycles. The van der Waals surface area contributed by atoms with E-state index in [9.17, 15) is 9.90 Å². The molecule has 0 saturated carbocycles. The van der Waals surface area contributed by atoms with Crippen molar-refractivity contribution >= 4 is 5.97 Å². The highest BCUT2D eigenvalue weighted by Crippen LogP contribution is 2.52. The van der Waals surface area contributed by atoms with E-state index in [0.29, 0.717) is 37.0 Å². The quantitative estimate of drug-likeness (QED) is 0.903. The summed E-state index contributed by atoms with van der Waals surface area (Å²) in [7, 11) is 1.59. The minimum atomic E-state index is -0.964. The number of carbonyl (C=O) groups is 1. The Balaban J connectivity index is 1.69. The third kappa shape index (κ3) is 2.51. The molecule has 2 aromatic rings. The standard InChI is InChI=1S/C18H19N3O4/c1-24-14-5-2-4-12-13-8-21(9-15-19-6-3-7-20-15)10-18(13,17(22)23)11-25-16(12)14/h2-7,13H,8-11H2,1H3,(H,22,23)/t13-,18-/m0/s1. The van der Waals surface area contributed by atoms with Gasteiger partial charge in [-0.3, -0.25) is 9.69 Å². The number of hydrogen-bond acceptors (Lipinski definition) is 6. The zero-order valence-electron chi connectivity index (χ0n) is 13.9. The summed E-state index contributed by atoms with van der Waals surface area (Å²) >= 11 is 0. The number of aromatic nitrogens is 2. The van der Waals surface area contributed by atoms with Crippen LogP contribution in [0.2, 0.25) is 0 Å². The largest absolute Gasteiger partial charge is 0.493 e. The average molecular weight is 341 g/mol. The average Bonchev–Trinajstić information content (AvgIpc) is 3.02. The predicted molar refractivity (Wildman–Crippen MR) is 88.6 cm³/mol. The Labute approximate surface area is 145 Å². The number of carboxylic acids is 1. The Morgan fingerprint density at radius 1 is 1.40 bits per heavy atom. The zero-order chi connectivity index (χ0) is 17.4. The number of carboxylic acid groups (broad SMARTS) is 1. The second-order valence-corrected chi connectivity index (χ2v) is 6.52. The molecule has 1 aromatic carbocycles. The molecule has 0 unspecified atom stereocenters. The van der Waals surface area contributed by atoms with Crippen LogP contribution in [-0.2, 0) is 11.3 Å². The molecule has 2 aliphatic rings. The van der Waals surface area contributed by atoms with Crippen molar-refractivity contribution in [1.82, 2.24) is 14.9 Å². The lowest BCUT2D eigenvalue weighted by Gasteiger charge is -2.36. The topological polar surface area (TPSA) is 84.8 Å². The second-order valence-electron chi connectivity index (χ2n) is 6.52. The van der Waals surface area contributed by atoms with Crippen LogP contribution in [0, 0.1) is 5.41 Å². The molecule has 1 fully saturated rings. The van der Waals surface area contributed by atoms with Crippen molar-refractivity contribution in [3.63, 3.8) is 0 Å². The lowest BCUT2D eigenvalue weighted by molar-refractivity contribution is -0.152. The van der Waals surface area contributed by atoms with Gasteiger partial charge in [0.25, 0.3) is 0 Å². The minimum Gasteiger partial charge on any atom is -0.493 e. The molecule has 7 heteroatoms. The highest BCUT2D eigenvalue weighted by molar-refractivity contribution is 5.78. The van der Waals surface area contributed by atoms with Crippen LogP contribution in [-0.4, -0.2) is 52.7 Å². The summed E-state index contributed by atoms with van der Waals surface area (Å²) in [6, 6.07) is 7.41. The number of nitrogens with zero attached hydrogens (tertiary/aromatic N) is 3. The maximum atomic E-state index is 12.2. The molecule has 0 aliphatic carbocycles. The fraction of sp³-hybridized carbons (Fsp3) is 0.389. The van der Waals surface area contributed by atoms with Gasteiger partial charge in [-0.25, -0.2) is 9.97 Å². The fourth-order valence-corrected chi connectivity index (χ4v) is 3.88. The van der Waals surface area contributed by atoms with Gasteiger partial charge < -0.3 is 14.6 Å². The predicted octanol–water partition coefficient (Wildman–Crippen LogP) is 1.55. The van der Waals surface area contributed by atoms with E-state index < -0.39 is 11.4 Å². The summed E-state index contributed by atoms with van der Waals surface area (Å²) in [5.41, 5.74) is -0.0711. The number of para-hydroxylation sites is 1. The van der Waals surface area contributed by atoms with Crippen LogP contribution in [0.3, 0.4) is 0 Å². The van der Waals surface area contributed by atoms with E-state index in [0.717, 1.165) is 5.56 Å². The number of ether oxygens (including phenoxy) is 2. The number of aliphatic carboxylic acids is 1. The van der Waals surface area contributed by atoms with Crippen molar-refractivity contribution in [2.45, 2.75) is 12.5 Å². The van der Waals surface area contributed by atoms with Crippen LogP contribution in [0.15, 0.2) is 36.7 Å². The number of methoxy groups -OCH3 is 1. The number of likely N-dealkylation sites (tertiary alicyclic amines) is 1. The monoisotopic (exact) mass is 341 g/mol. The molecule has 2 aliphatic heterocycles. The summed E-state index contributed by atoms with van der Waals surface area (Å²) in [4.78, 5) is 22.7. The number of hydrogen-bond donors (Lipinski definition) is 1. The number of fused-ring (bicyclic) bond motifs is 3. The number of benzene rings is 1. The van der Waals surface area contributed by atoms with Gasteiger partial charge in [0.1, 0.15) is 17.8 Å². The van der Waals surface area contributed by atoms with Crippen LogP contribution in [0.4, 0.5) is 0 Å². The van der Waals surface area contributed by atoms with E-state index in [4.69, 9.17) is 9.47 Å². The molecule has 0 spiro atoms. The Hall–Kier alpha value is -2.67. The smallest absolute Gasteiger partial charge is 0.315 e. The summed E-state index contributed by atoms with van der Waals surface area (Å²) in [5, 5.41) is 9.97. The van der Waals surface area contributed by atoms with E-state index in [1.807, 2.05) is 18.2 Å². The molecule has 0 amide bonds. The van der Waals surface area contributed by atoms with Crippen molar-refractivity contribution in [2.24, 2.45) is 5.41 Å². The van der Waals surface area contributed by atoms with Gasteiger partial charge in [-0.05, 0) is 12.1 Å². The first-order valence-electron chi connectivity index (χ1n) is 8.15. The second kappa shape index (κ2) is 6.00. The van der Waals surface area contributed by atoms with Crippen molar-refractivity contribution in [3.05, 3.63) is 48.0 Å². The first kappa shape index (κ1) is 15.8. The minimum absolute atomic E-state index is 0.131. The zero-order valence-corrected chi connectivity index (χ0v) is 13.9. The lowest BCUT2D eigenvalue weighted by atomic mass is 9.73. The molecule has 0 radical (unpaired) electrons. The normalized spacial score (nSPS) is 24.9. The van der Waals surface area contributed by atoms with Gasteiger partial charge in [0.15, 0.2) is 11.5 Å². The van der Waals surface area contributed by atoms with Gasteiger partial charge >= 0.3 is 5.97 Å². The van der Waals surface area contributed by atoms with Gasteiger partial charge in [-0.2, -0.15) is 0 Å². The maximum Gasteiger partial charge on any atom is 0.315 e. The van der Waals surface area contributed by atoms with E-state index in [1.54, 1.807) is 25.6 Å². The Bertz CT molecular complexity index is 798.